The fourth-order valence-corrected chi connectivity index (χ4v) is 8.60. The van der Waals surface area contributed by atoms with Crippen molar-refractivity contribution in [2.45, 2.75) is 78.1 Å². The summed E-state index contributed by atoms with van der Waals surface area (Å²) in [5, 5.41) is 0. The van der Waals surface area contributed by atoms with Gasteiger partial charge in [-0.25, -0.2) is 0 Å². The molecule has 0 aromatic rings. The zero-order valence-electron chi connectivity index (χ0n) is 13.4. The molecule has 0 N–H and O–H groups in total. The average Bonchev–Trinajstić information content (AvgIpc) is 2.74. The Morgan fingerprint density at radius 1 is 1.10 bits per heavy atom. The summed E-state index contributed by atoms with van der Waals surface area (Å²) in [5.74, 6) is 3.24. The van der Waals surface area contributed by atoms with Crippen molar-refractivity contribution in [3.05, 3.63) is 11.6 Å². The van der Waals surface area contributed by atoms with Crippen molar-refractivity contribution >= 4 is 0 Å². The van der Waals surface area contributed by atoms with Crippen LogP contribution in [0.3, 0.4) is 0 Å². The Morgan fingerprint density at radius 3 is 2.85 bits per heavy atom. The van der Waals surface area contributed by atoms with Gasteiger partial charge in [0.1, 0.15) is 0 Å². The molecular weight excluding hydrogens is 240 g/mol. The number of hydrogen-bond donors (Lipinski definition) is 0. The highest BCUT2D eigenvalue weighted by molar-refractivity contribution is 5.44. The molecule has 20 heavy (non-hydrogen) atoms. The van der Waals surface area contributed by atoms with E-state index < -0.39 is 0 Å². The van der Waals surface area contributed by atoms with Crippen LogP contribution in [0.25, 0.3) is 0 Å². The minimum atomic E-state index is 0.710. The molecule has 5 rings (SSSR count). The molecule has 4 saturated carbocycles. The van der Waals surface area contributed by atoms with Gasteiger partial charge in [0.2, 0.25) is 0 Å². The monoisotopic (exact) mass is 270 g/mol. The molecule has 6 atom stereocenters. The minimum Gasteiger partial charge on any atom is -0.0847 e. The molecule has 6 unspecified atom stereocenters. The molecule has 4 fully saturated rings. The van der Waals surface area contributed by atoms with E-state index in [9.17, 15) is 0 Å². The maximum atomic E-state index is 2.69. The van der Waals surface area contributed by atoms with Gasteiger partial charge >= 0.3 is 0 Å². The van der Waals surface area contributed by atoms with Gasteiger partial charge in [-0.3, -0.25) is 0 Å². The molecule has 0 aromatic carbocycles. The summed E-state index contributed by atoms with van der Waals surface area (Å²) in [6.07, 6.45) is 17.8. The van der Waals surface area contributed by atoms with Gasteiger partial charge in [0.25, 0.3) is 0 Å². The van der Waals surface area contributed by atoms with E-state index in [1.165, 1.54) is 25.7 Å². The second-order valence-corrected chi connectivity index (χ2v) is 8.97. The number of hydrogen-bond acceptors (Lipinski definition) is 0. The van der Waals surface area contributed by atoms with E-state index in [1.807, 2.05) is 5.57 Å². The molecule has 0 saturated heterocycles. The Balaban J connectivity index is 1.61. The Kier molecular flexibility index (Phi) is 2.19. The van der Waals surface area contributed by atoms with Gasteiger partial charge in [-0.2, -0.15) is 0 Å². The average molecular weight is 270 g/mol. The summed E-state index contributed by atoms with van der Waals surface area (Å²) < 4.78 is 0. The maximum Gasteiger partial charge on any atom is 0.000825 e. The van der Waals surface area contributed by atoms with Crippen LogP contribution in [0.15, 0.2) is 11.6 Å². The van der Waals surface area contributed by atoms with E-state index >= 15 is 0 Å². The van der Waals surface area contributed by atoms with Crippen LogP contribution in [0.2, 0.25) is 0 Å². The molecule has 5 aliphatic rings. The molecular formula is C20H30. The Hall–Kier alpha value is -0.260. The first-order valence-corrected chi connectivity index (χ1v) is 9.39. The van der Waals surface area contributed by atoms with Crippen LogP contribution in [0, 0.1) is 34.0 Å². The van der Waals surface area contributed by atoms with E-state index in [4.69, 9.17) is 0 Å². The van der Waals surface area contributed by atoms with Gasteiger partial charge in [0.05, 0.1) is 0 Å². The third-order valence-corrected chi connectivity index (χ3v) is 9.13. The lowest BCUT2D eigenvalue weighted by atomic mass is 9.59. The largest absolute Gasteiger partial charge is 0.0847 e. The molecule has 0 amide bonds. The van der Waals surface area contributed by atoms with Crippen LogP contribution in [0.5, 0.6) is 0 Å². The molecule has 0 heteroatoms. The van der Waals surface area contributed by atoms with Crippen molar-refractivity contribution in [2.24, 2.45) is 34.0 Å². The van der Waals surface area contributed by atoms with Crippen LogP contribution in [-0.2, 0) is 0 Å². The zero-order chi connectivity index (χ0) is 13.6. The summed E-state index contributed by atoms with van der Waals surface area (Å²) >= 11 is 0. The van der Waals surface area contributed by atoms with Crippen LogP contribution in [0.1, 0.15) is 78.1 Å². The topological polar surface area (TPSA) is 0 Å². The lowest BCUT2D eigenvalue weighted by Crippen LogP contribution is -2.38. The Bertz CT molecular complexity index is 488. The van der Waals surface area contributed by atoms with Gasteiger partial charge in [-0.15, -0.1) is 0 Å². The lowest BCUT2D eigenvalue weighted by molar-refractivity contribution is 0.0335. The van der Waals surface area contributed by atoms with Crippen LogP contribution in [0.4, 0.5) is 0 Å². The highest BCUT2D eigenvalue weighted by atomic mass is 14.9. The first kappa shape index (κ1) is 12.3. The number of allylic oxidation sites excluding steroid dienone is 2. The van der Waals surface area contributed by atoms with Crippen molar-refractivity contribution in [3.63, 3.8) is 0 Å². The van der Waals surface area contributed by atoms with Gasteiger partial charge in [0, 0.05) is 5.41 Å². The zero-order valence-corrected chi connectivity index (χ0v) is 13.4. The van der Waals surface area contributed by atoms with Crippen molar-refractivity contribution in [3.8, 4) is 0 Å². The molecule has 0 aromatic heterocycles. The second-order valence-electron chi connectivity index (χ2n) is 8.97. The first-order valence-electron chi connectivity index (χ1n) is 9.39. The van der Waals surface area contributed by atoms with Crippen molar-refractivity contribution in [1.29, 1.82) is 0 Å². The molecule has 110 valence electrons. The van der Waals surface area contributed by atoms with E-state index in [0.717, 1.165) is 28.6 Å². The molecule has 2 spiro atoms. The predicted octanol–water partition coefficient (Wildman–Crippen LogP) is 5.73. The fraction of sp³-hybridized carbons (Fsp3) is 0.900. The maximum absolute atomic E-state index is 2.69. The molecule has 0 nitrogen and oxygen atoms in total. The minimum absolute atomic E-state index is 0.710. The molecule has 0 heterocycles. The van der Waals surface area contributed by atoms with Crippen molar-refractivity contribution in [2.75, 3.05) is 0 Å². The standard InChI is InChI=1S/C20H30/c1-3-14-7-8-16-18(14,2)12-10-17-19-11-5-4-6-15(19)9-13-20(16,17)19/h6,14,16-17H,3-5,7-13H2,1-2H3. The van der Waals surface area contributed by atoms with E-state index in [-0.39, 0.29) is 0 Å². The summed E-state index contributed by atoms with van der Waals surface area (Å²) in [7, 11) is 0. The lowest BCUT2D eigenvalue weighted by Gasteiger charge is -2.45. The predicted molar refractivity (Wildman–Crippen MR) is 83.4 cm³/mol. The number of fused-ring (bicyclic) bond motifs is 1. The van der Waals surface area contributed by atoms with Crippen molar-refractivity contribution < 1.29 is 0 Å². The van der Waals surface area contributed by atoms with E-state index in [2.05, 4.69) is 19.9 Å². The fourth-order valence-electron chi connectivity index (χ4n) is 8.60. The first-order chi connectivity index (χ1) is 9.70. The van der Waals surface area contributed by atoms with Gasteiger partial charge in [-0.05, 0) is 86.4 Å². The highest BCUT2D eigenvalue weighted by Crippen LogP contribution is 2.91. The van der Waals surface area contributed by atoms with E-state index in [1.54, 1.807) is 38.5 Å². The molecule has 5 aliphatic carbocycles. The summed E-state index contributed by atoms with van der Waals surface area (Å²) in [6, 6.07) is 0. The van der Waals surface area contributed by atoms with Crippen molar-refractivity contribution in [1.82, 2.24) is 0 Å². The third kappa shape index (κ3) is 1.02. The Labute approximate surface area is 124 Å². The van der Waals surface area contributed by atoms with Gasteiger partial charge in [0.15, 0.2) is 0 Å². The third-order valence-electron chi connectivity index (χ3n) is 9.13. The quantitative estimate of drug-likeness (QED) is 0.534. The summed E-state index contributed by atoms with van der Waals surface area (Å²) in [4.78, 5) is 0. The van der Waals surface area contributed by atoms with E-state index in [0.29, 0.717) is 5.41 Å². The highest BCUT2D eigenvalue weighted by Gasteiger charge is 2.84. The van der Waals surface area contributed by atoms with Crippen LogP contribution >= 0.6 is 0 Å². The molecule has 0 radical (unpaired) electrons. The molecule has 0 bridgehead atoms. The normalized spacial score (nSPS) is 59.3. The summed E-state index contributed by atoms with van der Waals surface area (Å²) in [5.41, 5.74) is 4.20. The van der Waals surface area contributed by atoms with Crippen LogP contribution < -0.4 is 0 Å². The number of rotatable bonds is 1. The molecule has 0 aliphatic heterocycles. The Morgan fingerprint density at radius 2 is 2.00 bits per heavy atom. The van der Waals surface area contributed by atoms with Gasteiger partial charge < -0.3 is 0 Å². The van der Waals surface area contributed by atoms with Crippen LogP contribution in [-0.4, -0.2) is 0 Å². The van der Waals surface area contributed by atoms with Gasteiger partial charge in [-0.1, -0.05) is 31.9 Å². The second kappa shape index (κ2) is 3.55. The summed E-state index contributed by atoms with van der Waals surface area (Å²) in [6.45, 7) is 5.14. The SMILES string of the molecule is CCC1CCC2C1(C)CCC1C34CCCC=C3CCC214. The smallest absolute Gasteiger partial charge is 0.000825 e.